The Labute approximate surface area is 169 Å². The molecule has 0 spiro atoms. The lowest BCUT2D eigenvalue weighted by atomic mass is 10.1. The minimum Gasteiger partial charge on any atom is -0.493 e. The maximum Gasteiger partial charge on any atom is 0.254 e. The highest BCUT2D eigenvalue weighted by Crippen LogP contribution is 2.29. The van der Waals surface area contributed by atoms with Gasteiger partial charge in [-0.15, -0.1) is 0 Å². The number of hydrogen-bond donors (Lipinski definition) is 0. The summed E-state index contributed by atoms with van der Waals surface area (Å²) < 4.78 is 50.8. The lowest BCUT2D eigenvalue weighted by Crippen LogP contribution is -2.50. The maximum atomic E-state index is 13.4. The first-order valence-corrected chi connectivity index (χ1v) is 10.7. The Kier molecular flexibility index (Phi) is 6.39. The molecule has 2 aromatic carbocycles. The van der Waals surface area contributed by atoms with E-state index in [1.54, 1.807) is 23.1 Å². The molecule has 29 heavy (non-hydrogen) atoms. The first kappa shape index (κ1) is 21.1. The second kappa shape index (κ2) is 8.79. The van der Waals surface area contributed by atoms with E-state index in [0.717, 1.165) is 6.07 Å². The summed E-state index contributed by atoms with van der Waals surface area (Å²) in [6.07, 6.45) is 0. The first-order chi connectivity index (χ1) is 13.9. The Morgan fingerprint density at radius 1 is 1.07 bits per heavy atom. The number of rotatable bonds is 6. The molecular formula is C20H23FN2O5S. The van der Waals surface area contributed by atoms with Crippen LogP contribution in [0.5, 0.6) is 11.5 Å². The summed E-state index contributed by atoms with van der Waals surface area (Å²) in [5, 5.41) is 0. The van der Waals surface area contributed by atoms with E-state index in [1.165, 1.54) is 29.6 Å². The van der Waals surface area contributed by atoms with Crippen molar-refractivity contribution in [2.45, 2.75) is 11.8 Å². The van der Waals surface area contributed by atoms with Crippen LogP contribution in [0.15, 0.2) is 47.4 Å². The number of methoxy groups -OCH3 is 1. The standard InChI is InChI=1S/C20H23FN2O5S/c1-3-28-19-13-15(7-8-18(19)27-2)20(24)22-9-11-23(12-10-22)29(25,26)17-6-4-5-16(21)14-17/h4-8,13-14H,3,9-12H2,1-2H3. The first-order valence-electron chi connectivity index (χ1n) is 9.22. The van der Waals surface area contributed by atoms with E-state index in [9.17, 15) is 17.6 Å². The molecule has 1 aliphatic heterocycles. The van der Waals surface area contributed by atoms with Gasteiger partial charge in [0, 0.05) is 31.7 Å². The smallest absolute Gasteiger partial charge is 0.254 e. The van der Waals surface area contributed by atoms with Crippen molar-refractivity contribution in [3.63, 3.8) is 0 Å². The molecule has 0 atom stereocenters. The molecule has 0 aromatic heterocycles. The molecule has 1 fully saturated rings. The summed E-state index contributed by atoms with van der Waals surface area (Å²) in [6.45, 7) is 3.03. The van der Waals surface area contributed by atoms with Crippen LogP contribution in [0.2, 0.25) is 0 Å². The Bertz CT molecular complexity index is 988. The van der Waals surface area contributed by atoms with Gasteiger partial charge in [0.15, 0.2) is 11.5 Å². The fourth-order valence-corrected chi connectivity index (χ4v) is 4.62. The highest BCUT2D eigenvalue weighted by Gasteiger charge is 2.30. The summed E-state index contributed by atoms with van der Waals surface area (Å²) in [6, 6.07) is 9.87. The molecule has 0 aliphatic carbocycles. The summed E-state index contributed by atoms with van der Waals surface area (Å²) in [5.74, 6) is 0.198. The summed E-state index contributed by atoms with van der Waals surface area (Å²) in [4.78, 5) is 14.3. The largest absolute Gasteiger partial charge is 0.493 e. The number of sulfonamides is 1. The molecule has 1 aliphatic rings. The fourth-order valence-electron chi connectivity index (χ4n) is 3.17. The fraction of sp³-hybridized carbons (Fsp3) is 0.350. The highest BCUT2D eigenvalue weighted by atomic mass is 32.2. The van der Waals surface area contributed by atoms with Crippen LogP contribution in [0, 0.1) is 5.82 Å². The normalized spacial score (nSPS) is 15.2. The van der Waals surface area contributed by atoms with E-state index >= 15 is 0 Å². The molecule has 1 saturated heterocycles. The van der Waals surface area contributed by atoms with E-state index in [0.29, 0.717) is 23.7 Å². The molecule has 0 N–H and O–H groups in total. The third-order valence-electron chi connectivity index (χ3n) is 4.67. The average Bonchev–Trinajstić information content (AvgIpc) is 2.73. The van der Waals surface area contributed by atoms with Gasteiger partial charge < -0.3 is 14.4 Å². The highest BCUT2D eigenvalue weighted by molar-refractivity contribution is 7.89. The monoisotopic (exact) mass is 422 g/mol. The lowest BCUT2D eigenvalue weighted by Gasteiger charge is -2.34. The summed E-state index contributed by atoms with van der Waals surface area (Å²) in [5.41, 5.74) is 0.440. The number of benzene rings is 2. The molecule has 1 heterocycles. The molecular weight excluding hydrogens is 399 g/mol. The van der Waals surface area contributed by atoms with Gasteiger partial charge in [-0.3, -0.25) is 4.79 Å². The van der Waals surface area contributed by atoms with E-state index in [4.69, 9.17) is 9.47 Å². The lowest BCUT2D eigenvalue weighted by molar-refractivity contribution is 0.0697. The van der Waals surface area contributed by atoms with E-state index in [-0.39, 0.29) is 37.0 Å². The minimum absolute atomic E-state index is 0.0891. The molecule has 9 heteroatoms. The van der Waals surface area contributed by atoms with Crippen LogP contribution in [0.3, 0.4) is 0 Å². The third-order valence-corrected chi connectivity index (χ3v) is 6.56. The van der Waals surface area contributed by atoms with Crippen molar-refractivity contribution >= 4 is 15.9 Å². The van der Waals surface area contributed by atoms with Crippen molar-refractivity contribution in [2.75, 3.05) is 39.9 Å². The van der Waals surface area contributed by atoms with Gasteiger partial charge in [-0.05, 0) is 43.3 Å². The van der Waals surface area contributed by atoms with Crippen LogP contribution in [-0.4, -0.2) is 63.4 Å². The molecule has 0 saturated carbocycles. The van der Waals surface area contributed by atoms with Crippen molar-refractivity contribution < 1.29 is 27.1 Å². The quantitative estimate of drug-likeness (QED) is 0.715. The number of piperazine rings is 1. The second-order valence-electron chi connectivity index (χ2n) is 6.45. The average molecular weight is 422 g/mol. The predicted octanol–water partition coefficient (Wildman–Crippen LogP) is 2.38. The number of hydrogen-bond acceptors (Lipinski definition) is 5. The second-order valence-corrected chi connectivity index (χ2v) is 8.39. The van der Waals surface area contributed by atoms with Gasteiger partial charge in [-0.1, -0.05) is 6.07 Å². The van der Waals surface area contributed by atoms with Crippen molar-refractivity contribution in [3.8, 4) is 11.5 Å². The Hall–Kier alpha value is -2.65. The maximum absolute atomic E-state index is 13.4. The van der Waals surface area contributed by atoms with Crippen LogP contribution in [-0.2, 0) is 10.0 Å². The van der Waals surface area contributed by atoms with Gasteiger partial charge in [0.25, 0.3) is 5.91 Å². The van der Waals surface area contributed by atoms with Gasteiger partial charge >= 0.3 is 0 Å². The molecule has 156 valence electrons. The number of nitrogens with zero attached hydrogens (tertiary/aromatic N) is 2. The zero-order valence-electron chi connectivity index (χ0n) is 16.3. The van der Waals surface area contributed by atoms with E-state index < -0.39 is 15.8 Å². The molecule has 0 unspecified atom stereocenters. The van der Waals surface area contributed by atoms with E-state index in [2.05, 4.69) is 0 Å². The Morgan fingerprint density at radius 2 is 1.79 bits per heavy atom. The molecule has 3 rings (SSSR count). The third kappa shape index (κ3) is 4.51. The summed E-state index contributed by atoms with van der Waals surface area (Å²) >= 11 is 0. The number of amides is 1. The van der Waals surface area contributed by atoms with Gasteiger partial charge in [0.05, 0.1) is 18.6 Å². The zero-order chi connectivity index (χ0) is 21.0. The number of ether oxygens (including phenoxy) is 2. The van der Waals surface area contributed by atoms with Crippen LogP contribution >= 0.6 is 0 Å². The zero-order valence-corrected chi connectivity index (χ0v) is 17.1. The van der Waals surface area contributed by atoms with Crippen molar-refractivity contribution in [2.24, 2.45) is 0 Å². The van der Waals surface area contributed by atoms with Crippen molar-refractivity contribution in [1.82, 2.24) is 9.21 Å². The molecule has 0 radical (unpaired) electrons. The number of carbonyl (C=O) groups excluding carboxylic acids is 1. The number of carbonyl (C=O) groups is 1. The SMILES string of the molecule is CCOc1cc(C(=O)N2CCN(S(=O)(=O)c3cccc(F)c3)CC2)ccc1OC. The van der Waals surface area contributed by atoms with Crippen LogP contribution in [0.25, 0.3) is 0 Å². The number of halogens is 1. The van der Waals surface area contributed by atoms with Crippen LogP contribution < -0.4 is 9.47 Å². The van der Waals surface area contributed by atoms with E-state index in [1.807, 2.05) is 6.92 Å². The molecule has 0 bridgehead atoms. The van der Waals surface area contributed by atoms with Crippen molar-refractivity contribution in [3.05, 3.63) is 53.8 Å². The summed E-state index contributed by atoms with van der Waals surface area (Å²) in [7, 11) is -2.28. The van der Waals surface area contributed by atoms with Crippen LogP contribution in [0.1, 0.15) is 17.3 Å². The molecule has 2 aromatic rings. The predicted molar refractivity (Wildman–Crippen MR) is 105 cm³/mol. The van der Waals surface area contributed by atoms with Gasteiger partial charge in [0.2, 0.25) is 10.0 Å². The molecule has 7 nitrogen and oxygen atoms in total. The van der Waals surface area contributed by atoms with Gasteiger partial charge in [-0.2, -0.15) is 4.31 Å². The topological polar surface area (TPSA) is 76.2 Å². The van der Waals surface area contributed by atoms with Gasteiger partial charge in [0.1, 0.15) is 5.82 Å². The van der Waals surface area contributed by atoms with Crippen molar-refractivity contribution in [1.29, 1.82) is 0 Å². The van der Waals surface area contributed by atoms with Gasteiger partial charge in [-0.25, -0.2) is 12.8 Å². The minimum atomic E-state index is -3.80. The van der Waals surface area contributed by atoms with Crippen LogP contribution in [0.4, 0.5) is 4.39 Å². The Balaban J connectivity index is 1.70. The Morgan fingerprint density at radius 3 is 2.41 bits per heavy atom. The molecule has 1 amide bonds.